The number of benzene rings is 1. The maximum atomic E-state index is 12.2. The van der Waals surface area contributed by atoms with E-state index in [4.69, 9.17) is 0 Å². The fourth-order valence-electron chi connectivity index (χ4n) is 1.93. The van der Waals surface area contributed by atoms with Gasteiger partial charge in [-0.05, 0) is 24.1 Å². The number of ether oxygens (including phenoxy) is 1. The molecule has 0 aliphatic carbocycles. The molecule has 1 saturated heterocycles. The van der Waals surface area contributed by atoms with Crippen LogP contribution in [0.15, 0.2) is 18.2 Å². The highest BCUT2D eigenvalue weighted by Gasteiger charge is 2.23. The van der Waals surface area contributed by atoms with Crippen molar-refractivity contribution in [3.8, 4) is 5.75 Å². The topological polar surface area (TPSA) is 38.3 Å². The Morgan fingerprint density at radius 1 is 1.47 bits per heavy atom. The lowest BCUT2D eigenvalue weighted by molar-refractivity contribution is -0.119. The molecule has 17 heavy (non-hydrogen) atoms. The number of carbonyl (C=O) groups is 1. The van der Waals surface area contributed by atoms with Crippen LogP contribution in [0.4, 0.5) is 8.78 Å². The van der Waals surface area contributed by atoms with E-state index in [1.807, 2.05) is 6.07 Å². The molecule has 1 aliphatic heterocycles. The molecule has 0 spiro atoms. The van der Waals surface area contributed by atoms with Gasteiger partial charge in [0.05, 0.1) is 0 Å². The quantitative estimate of drug-likeness (QED) is 0.881. The number of carbonyl (C=O) groups excluding carboxylic acids is 1. The summed E-state index contributed by atoms with van der Waals surface area (Å²) in [6.07, 6.45) is 0.400. The van der Waals surface area contributed by atoms with E-state index in [1.54, 1.807) is 19.1 Å². The number of nitrogens with one attached hydrogen (secondary N) is 1. The smallest absolute Gasteiger partial charge is 0.387 e. The summed E-state index contributed by atoms with van der Waals surface area (Å²) in [5.41, 5.74) is 1.51. The lowest BCUT2D eigenvalue weighted by atomic mass is 9.97. The molecule has 0 radical (unpaired) electrons. The van der Waals surface area contributed by atoms with Gasteiger partial charge in [-0.25, -0.2) is 0 Å². The second-order valence-corrected chi connectivity index (χ2v) is 4.11. The van der Waals surface area contributed by atoms with Crippen LogP contribution in [0.3, 0.4) is 0 Å². The molecule has 1 aromatic carbocycles. The minimum Gasteiger partial charge on any atom is -0.435 e. The van der Waals surface area contributed by atoms with Gasteiger partial charge in [0.1, 0.15) is 5.75 Å². The van der Waals surface area contributed by atoms with Crippen LogP contribution >= 0.6 is 0 Å². The number of rotatable bonds is 3. The molecule has 1 atom stereocenters. The highest BCUT2D eigenvalue weighted by atomic mass is 19.3. The van der Waals surface area contributed by atoms with Crippen LogP contribution in [0, 0.1) is 6.92 Å². The minimum atomic E-state index is -2.83. The highest BCUT2D eigenvalue weighted by Crippen LogP contribution is 2.29. The summed E-state index contributed by atoms with van der Waals surface area (Å²) in [7, 11) is 0. The van der Waals surface area contributed by atoms with Crippen LogP contribution in [0.2, 0.25) is 0 Å². The van der Waals surface area contributed by atoms with Crippen molar-refractivity contribution < 1.29 is 18.3 Å². The second-order valence-electron chi connectivity index (χ2n) is 4.11. The van der Waals surface area contributed by atoms with Crippen molar-refractivity contribution in [1.29, 1.82) is 0 Å². The number of hydrogen-bond acceptors (Lipinski definition) is 2. The van der Waals surface area contributed by atoms with Gasteiger partial charge in [-0.3, -0.25) is 4.79 Å². The molecule has 1 aromatic rings. The van der Waals surface area contributed by atoms with Crippen molar-refractivity contribution in [3.63, 3.8) is 0 Å². The van der Waals surface area contributed by atoms with Gasteiger partial charge in [0.25, 0.3) is 0 Å². The first kappa shape index (κ1) is 11.8. The van der Waals surface area contributed by atoms with Crippen LogP contribution in [-0.4, -0.2) is 19.1 Å². The summed E-state index contributed by atoms with van der Waals surface area (Å²) in [6, 6.07) is 5.17. The number of alkyl halides is 2. The maximum absolute atomic E-state index is 12.2. The molecule has 0 aromatic heterocycles. The summed E-state index contributed by atoms with van der Waals surface area (Å²) < 4.78 is 28.8. The van der Waals surface area contributed by atoms with Crippen molar-refractivity contribution in [1.82, 2.24) is 5.32 Å². The van der Waals surface area contributed by atoms with Gasteiger partial charge in [-0.2, -0.15) is 8.78 Å². The molecule has 1 heterocycles. The van der Waals surface area contributed by atoms with Gasteiger partial charge in [-0.1, -0.05) is 12.1 Å². The molecule has 0 bridgehead atoms. The van der Waals surface area contributed by atoms with Gasteiger partial charge in [0.15, 0.2) is 0 Å². The third-order valence-corrected chi connectivity index (χ3v) is 2.88. The first-order valence-corrected chi connectivity index (χ1v) is 5.38. The Bertz CT molecular complexity index is 435. The van der Waals surface area contributed by atoms with E-state index in [2.05, 4.69) is 10.1 Å². The van der Waals surface area contributed by atoms with E-state index in [9.17, 15) is 13.6 Å². The average Bonchev–Trinajstić information content (AvgIpc) is 2.67. The first-order chi connectivity index (χ1) is 8.06. The largest absolute Gasteiger partial charge is 0.435 e. The van der Waals surface area contributed by atoms with Crippen molar-refractivity contribution in [3.05, 3.63) is 29.3 Å². The van der Waals surface area contributed by atoms with Gasteiger partial charge in [0.2, 0.25) is 5.91 Å². The van der Waals surface area contributed by atoms with Crippen molar-refractivity contribution in [2.45, 2.75) is 25.9 Å². The Kier molecular flexibility index (Phi) is 3.26. The molecule has 92 valence electrons. The summed E-state index contributed by atoms with van der Waals surface area (Å²) in [5, 5.41) is 2.72. The number of aryl methyl sites for hydroxylation is 1. The molecule has 5 heteroatoms. The average molecular weight is 241 g/mol. The zero-order chi connectivity index (χ0) is 12.4. The molecule has 2 rings (SSSR count). The number of amides is 1. The van der Waals surface area contributed by atoms with E-state index in [1.165, 1.54) is 0 Å². The first-order valence-electron chi connectivity index (χ1n) is 5.38. The summed E-state index contributed by atoms with van der Waals surface area (Å²) in [6.45, 7) is -0.567. The zero-order valence-corrected chi connectivity index (χ0v) is 9.37. The van der Waals surface area contributed by atoms with Crippen LogP contribution in [0.1, 0.15) is 23.5 Å². The van der Waals surface area contributed by atoms with E-state index in [0.29, 0.717) is 18.5 Å². The lowest BCUT2D eigenvalue weighted by Gasteiger charge is -2.12. The predicted molar refractivity (Wildman–Crippen MR) is 58.2 cm³/mol. The van der Waals surface area contributed by atoms with E-state index >= 15 is 0 Å². The zero-order valence-electron chi connectivity index (χ0n) is 9.37. The Hall–Kier alpha value is -1.65. The van der Waals surface area contributed by atoms with Gasteiger partial charge < -0.3 is 10.1 Å². The fraction of sp³-hybridized carbons (Fsp3) is 0.417. The number of halogens is 2. The molecule has 0 saturated carbocycles. The molecule has 1 N–H and O–H groups in total. The van der Waals surface area contributed by atoms with Crippen LogP contribution in [0.25, 0.3) is 0 Å². The van der Waals surface area contributed by atoms with Crippen LogP contribution < -0.4 is 10.1 Å². The maximum Gasteiger partial charge on any atom is 0.387 e. The molecular weight excluding hydrogens is 228 g/mol. The molecular formula is C12H13F2NO2. The molecule has 1 amide bonds. The predicted octanol–water partition coefficient (Wildman–Crippen LogP) is 2.20. The summed E-state index contributed by atoms with van der Waals surface area (Å²) in [4.78, 5) is 11.1. The molecule has 1 aliphatic rings. The van der Waals surface area contributed by atoms with Gasteiger partial charge >= 0.3 is 6.61 Å². The molecule has 1 unspecified atom stereocenters. The molecule has 1 fully saturated rings. The van der Waals surface area contributed by atoms with Crippen molar-refractivity contribution in [2.75, 3.05) is 6.54 Å². The third-order valence-electron chi connectivity index (χ3n) is 2.88. The monoisotopic (exact) mass is 241 g/mol. The summed E-state index contributed by atoms with van der Waals surface area (Å²) >= 11 is 0. The fourth-order valence-corrected chi connectivity index (χ4v) is 1.93. The van der Waals surface area contributed by atoms with Crippen molar-refractivity contribution in [2.24, 2.45) is 0 Å². The second kappa shape index (κ2) is 4.69. The normalized spacial score (nSPS) is 19.5. The SMILES string of the molecule is Cc1ccc(C2CNC(=O)C2)cc1OC(F)F. The van der Waals surface area contributed by atoms with E-state index < -0.39 is 6.61 Å². The standard InChI is InChI=1S/C12H13F2NO2/c1-7-2-3-8(4-10(7)17-12(13)14)9-5-11(16)15-6-9/h2-4,9,12H,5-6H2,1H3,(H,15,16). The van der Waals surface area contributed by atoms with E-state index in [0.717, 1.165) is 5.56 Å². The Morgan fingerprint density at radius 2 is 2.24 bits per heavy atom. The molecule has 3 nitrogen and oxygen atoms in total. The lowest BCUT2D eigenvalue weighted by Crippen LogP contribution is -2.13. The number of hydrogen-bond donors (Lipinski definition) is 1. The van der Waals surface area contributed by atoms with Gasteiger partial charge in [0, 0.05) is 18.9 Å². The van der Waals surface area contributed by atoms with Gasteiger partial charge in [-0.15, -0.1) is 0 Å². The van der Waals surface area contributed by atoms with Crippen LogP contribution in [0.5, 0.6) is 5.75 Å². The van der Waals surface area contributed by atoms with Crippen molar-refractivity contribution >= 4 is 5.91 Å². The Balaban J connectivity index is 2.21. The Labute approximate surface area is 97.8 Å². The van der Waals surface area contributed by atoms with Crippen LogP contribution in [-0.2, 0) is 4.79 Å². The Morgan fingerprint density at radius 3 is 2.82 bits per heavy atom. The van der Waals surface area contributed by atoms with E-state index in [-0.39, 0.29) is 17.6 Å². The summed E-state index contributed by atoms with van der Waals surface area (Å²) in [5.74, 6) is 0.215. The highest BCUT2D eigenvalue weighted by molar-refractivity contribution is 5.79. The minimum absolute atomic E-state index is 0.00750. The third kappa shape index (κ3) is 2.72.